The Morgan fingerprint density at radius 1 is 1.35 bits per heavy atom. The normalized spacial score (nSPS) is 13.5. The maximum absolute atomic E-state index is 12.1. The molecule has 0 saturated heterocycles. The van der Waals surface area contributed by atoms with Gasteiger partial charge in [0.25, 0.3) is 5.91 Å². The molecule has 0 spiro atoms. The summed E-state index contributed by atoms with van der Waals surface area (Å²) in [6.07, 6.45) is 1.93. The van der Waals surface area contributed by atoms with Gasteiger partial charge in [0.15, 0.2) is 0 Å². The minimum atomic E-state index is -3.77. The zero-order valence-electron chi connectivity index (χ0n) is 12.3. The van der Waals surface area contributed by atoms with Crippen molar-refractivity contribution in [2.75, 3.05) is 0 Å². The average Bonchev–Trinajstić information content (AvgIpc) is 2.68. The topological polar surface area (TPSA) is 89.3 Å². The molecule has 1 aromatic heterocycles. The number of aryl methyl sites for hydroxylation is 1. The molecule has 0 bridgehead atoms. The highest BCUT2D eigenvalue weighted by Gasteiger charge is 2.20. The third-order valence-electron chi connectivity index (χ3n) is 2.96. The van der Waals surface area contributed by atoms with Crippen molar-refractivity contribution >= 4 is 27.3 Å². The number of hydrogen-bond donors (Lipinski definition) is 2. The minimum absolute atomic E-state index is 0.0301. The highest BCUT2D eigenvalue weighted by molar-refractivity contribution is 7.89. The number of thiophene rings is 1. The van der Waals surface area contributed by atoms with Gasteiger partial charge in [-0.05, 0) is 38.7 Å². The fourth-order valence-electron chi connectivity index (χ4n) is 1.81. The van der Waals surface area contributed by atoms with Crippen LogP contribution in [0.2, 0.25) is 0 Å². The van der Waals surface area contributed by atoms with E-state index in [-0.39, 0.29) is 16.8 Å². The number of primary sulfonamides is 1. The monoisotopic (exact) mass is 318 g/mol. The summed E-state index contributed by atoms with van der Waals surface area (Å²) in [5, 5.41) is 7.98. The first kappa shape index (κ1) is 17.1. The smallest absolute Gasteiger partial charge is 0.261 e. The lowest BCUT2D eigenvalue weighted by Gasteiger charge is -2.14. The van der Waals surface area contributed by atoms with Crippen LogP contribution >= 0.6 is 11.3 Å². The molecular weight excluding hydrogens is 296 g/mol. The van der Waals surface area contributed by atoms with Crippen molar-refractivity contribution < 1.29 is 13.2 Å². The highest BCUT2D eigenvalue weighted by Crippen LogP contribution is 2.24. The standard InChI is InChI=1S/C13H22N2O3S2/c1-8(2)5-6-9(3)15-13(16)11-7-12(10(4)19-11)20(14,17)18/h7-9H,5-6H2,1-4H3,(H,15,16)(H2,14,17,18). The van der Waals surface area contributed by atoms with Crippen LogP contribution in [0.4, 0.5) is 0 Å². The number of hydrogen-bond acceptors (Lipinski definition) is 4. The Morgan fingerprint density at radius 3 is 2.40 bits per heavy atom. The molecule has 3 N–H and O–H groups in total. The van der Waals surface area contributed by atoms with Crippen molar-refractivity contribution in [3.63, 3.8) is 0 Å². The van der Waals surface area contributed by atoms with Crippen molar-refractivity contribution in [1.29, 1.82) is 0 Å². The third kappa shape index (κ3) is 4.88. The Bertz CT molecular complexity index is 576. The van der Waals surface area contributed by atoms with Gasteiger partial charge in [-0.3, -0.25) is 4.79 Å². The van der Waals surface area contributed by atoms with Crippen LogP contribution in [-0.2, 0) is 10.0 Å². The van der Waals surface area contributed by atoms with Gasteiger partial charge in [0.05, 0.1) is 9.77 Å². The lowest BCUT2D eigenvalue weighted by Crippen LogP contribution is -2.32. The number of amides is 1. The lowest BCUT2D eigenvalue weighted by atomic mass is 10.0. The van der Waals surface area contributed by atoms with Gasteiger partial charge in [-0.1, -0.05) is 13.8 Å². The first-order valence-electron chi connectivity index (χ1n) is 6.55. The van der Waals surface area contributed by atoms with E-state index in [2.05, 4.69) is 19.2 Å². The van der Waals surface area contributed by atoms with E-state index in [0.29, 0.717) is 15.7 Å². The minimum Gasteiger partial charge on any atom is -0.349 e. The number of carbonyl (C=O) groups excluding carboxylic acids is 1. The van der Waals surface area contributed by atoms with E-state index < -0.39 is 10.0 Å². The molecule has 1 heterocycles. The molecule has 1 rings (SSSR count). The Morgan fingerprint density at radius 2 is 1.95 bits per heavy atom. The van der Waals surface area contributed by atoms with Crippen LogP contribution < -0.4 is 10.5 Å². The average molecular weight is 318 g/mol. The van der Waals surface area contributed by atoms with Crippen LogP contribution in [0.1, 0.15) is 48.2 Å². The summed E-state index contributed by atoms with van der Waals surface area (Å²) in [6, 6.07) is 1.41. The van der Waals surface area contributed by atoms with Gasteiger partial charge in [-0.15, -0.1) is 11.3 Å². The fourth-order valence-corrected chi connectivity index (χ4v) is 3.86. The molecule has 0 radical (unpaired) electrons. The molecule has 0 aliphatic carbocycles. The lowest BCUT2D eigenvalue weighted by molar-refractivity contribution is 0.0941. The second-order valence-corrected chi connectivity index (χ2v) is 8.21. The Labute approximate surface area is 124 Å². The van der Waals surface area contributed by atoms with Crippen LogP contribution in [0.15, 0.2) is 11.0 Å². The van der Waals surface area contributed by atoms with Crippen LogP contribution in [0.5, 0.6) is 0 Å². The molecule has 20 heavy (non-hydrogen) atoms. The number of nitrogens with one attached hydrogen (secondary N) is 1. The van der Waals surface area contributed by atoms with Gasteiger partial charge in [-0.25, -0.2) is 13.6 Å². The number of sulfonamides is 1. The van der Waals surface area contributed by atoms with Gasteiger partial charge >= 0.3 is 0 Å². The fraction of sp³-hybridized carbons (Fsp3) is 0.615. The van der Waals surface area contributed by atoms with Gasteiger partial charge in [-0.2, -0.15) is 0 Å². The van der Waals surface area contributed by atoms with Gasteiger partial charge in [0, 0.05) is 10.9 Å². The highest BCUT2D eigenvalue weighted by atomic mass is 32.2. The second-order valence-electron chi connectivity index (χ2n) is 5.42. The first-order valence-corrected chi connectivity index (χ1v) is 8.91. The quantitative estimate of drug-likeness (QED) is 0.843. The largest absolute Gasteiger partial charge is 0.349 e. The molecule has 0 aliphatic rings. The van der Waals surface area contributed by atoms with Crippen LogP contribution in [0.3, 0.4) is 0 Å². The summed E-state index contributed by atoms with van der Waals surface area (Å²) >= 11 is 1.14. The molecule has 0 fully saturated rings. The maximum atomic E-state index is 12.1. The van der Waals surface area contributed by atoms with E-state index in [9.17, 15) is 13.2 Å². The SMILES string of the molecule is Cc1sc(C(=O)NC(C)CCC(C)C)cc1S(N)(=O)=O. The molecule has 1 unspecified atom stereocenters. The van der Waals surface area contributed by atoms with Crippen molar-refractivity contribution in [3.8, 4) is 0 Å². The second kappa shape index (κ2) is 6.69. The van der Waals surface area contributed by atoms with E-state index in [1.165, 1.54) is 6.07 Å². The number of rotatable bonds is 6. The van der Waals surface area contributed by atoms with Crippen molar-refractivity contribution in [1.82, 2.24) is 5.32 Å². The molecule has 7 heteroatoms. The number of carbonyl (C=O) groups is 1. The zero-order valence-corrected chi connectivity index (χ0v) is 13.9. The van der Waals surface area contributed by atoms with E-state index in [1.54, 1.807) is 6.92 Å². The summed E-state index contributed by atoms with van der Waals surface area (Å²) in [5.41, 5.74) is 0. The summed E-state index contributed by atoms with van der Waals surface area (Å²) in [6.45, 7) is 7.86. The predicted molar refractivity (Wildman–Crippen MR) is 81.4 cm³/mol. The van der Waals surface area contributed by atoms with Crippen LogP contribution in [0, 0.1) is 12.8 Å². The Kier molecular flexibility index (Phi) is 5.73. The molecule has 114 valence electrons. The number of nitrogens with two attached hydrogens (primary N) is 1. The molecule has 1 aromatic rings. The van der Waals surface area contributed by atoms with Crippen molar-refractivity contribution in [2.24, 2.45) is 11.1 Å². The first-order chi connectivity index (χ1) is 9.11. The molecule has 1 atom stereocenters. The van der Waals surface area contributed by atoms with Crippen LogP contribution in [-0.4, -0.2) is 20.4 Å². The maximum Gasteiger partial charge on any atom is 0.261 e. The summed E-state index contributed by atoms with van der Waals surface area (Å²) in [5.74, 6) is 0.344. The molecule has 0 saturated carbocycles. The van der Waals surface area contributed by atoms with E-state index in [4.69, 9.17) is 5.14 Å². The Hall–Kier alpha value is -0.920. The van der Waals surface area contributed by atoms with E-state index >= 15 is 0 Å². The summed E-state index contributed by atoms with van der Waals surface area (Å²) < 4.78 is 22.7. The summed E-state index contributed by atoms with van der Waals surface area (Å²) in [4.78, 5) is 13.0. The van der Waals surface area contributed by atoms with Gasteiger partial charge in [0.1, 0.15) is 0 Å². The zero-order chi connectivity index (χ0) is 15.5. The Balaban J connectivity index is 2.74. The van der Waals surface area contributed by atoms with Crippen LogP contribution in [0.25, 0.3) is 0 Å². The van der Waals surface area contributed by atoms with Crippen molar-refractivity contribution in [3.05, 3.63) is 15.8 Å². The molecule has 0 aliphatic heterocycles. The van der Waals surface area contributed by atoms with Gasteiger partial charge in [0.2, 0.25) is 10.0 Å². The molecule has 5 nitrogen and oxygen atoms in total. The van der Waals surface area contributed by atoms with E-state index in [0.717, 1.165) is 24.2 Å². The predicted octanol–water partition coefficient (Wildman–Crippen LogP) is 2.26. The van der Waals surface area contributed by atoms with Gasteiger partial charge < -0.3 is 5.32 Å². The van der Waals surface area contributed by atoms with Crippen molar-refractivity contribution in [2.45, 2.75) is 51.5 Å². The molecule has 1 amide bonds. The third-order valence-corrected chi connectivity index (χ3v) is 5.17. The van der Waals surface area contributed by atoms with E-state index in [1.807, 2.05) is 6.92 Å². The molecular formula is C13H22N2O3S2. The summed E-state index contributed by atoms with van der Waals surface area (Å²) in [7, 11) is -3.77. The molecule has 0 aromatic carbocycles.